The van der Waals surface area contributed by atoms with Crippen molar-refractivity contribution in [2.24, 2.45) is 5.73 Å². The number of allylic oxidation sites excluding steroid dienone is 5. The van der Waals surface area contributed by atoms with E-state index in [0.717, 1.165) is 44.9 Å². The lowest BCUT2D eigenvalue weighted by Crippen LogP contribution is -2.46. The normalized spacial score (nSPS) is 15.1. The molecule has 0 aromatic heterocycles. The molecule has 0 aromatic rings. The van der Waals surface area contributed by atoms with E-state index >= 15 is 0 Å². The van der Waals surface area contributed by atoms with Gasteiger partial charge in [-0.3, -0.25) is 13.8 Å². The Hall–Kier alpha value is -1.32. The molecular formula is C42H81N2O7P. The Labute approximate surface area is 319 Å². The summed E-state index contributed by atoms with van der Waals surface area (Å²) in [6.45, 7) is 3.92. The van der Waals surface area contributed by atoms with Gasteiger partial charge in [-0.25, -0.2) is 4.57 Å². The first-order valence-corrected chi connectivity index (χ1v) is 22.7. The molecule has 9 nitrogen and oxygen atoms in total. The highest BCUT2D eigenvalue weighted by Gasteiger charge is 2.27. The number of carbonyl (C=O) groups is 1. The monoisotopic (exact) mass is 757 g/mol. The Balaban J connectivity index is 4.41. The summed E-state index contributed by atoms with van der Waals surface area (Å²) >= 11 is 0. The molecule has 4 atom stereocenters. The van der Waals surface area contributed by atoms with Crippen LogP contribution in [0.2, 0.25) is 0 Å². The Morgan fingerprint density at radius 3 is 1.60 bits per heavy atom. The quantitative estimate of drug-likeness (QED) is 0.0236. The average molecular weight is 757 g/mol. The van der Waals surface area contributed by atoms with E-state index in [9.17, 15) is 24.5 Å². The smallest absolute Gasteiger partial charge is 0.393 e. The zero-order valence-electron chi connectivity index (χ0n) is 33.4. The van der Waals surface area contributed by atoms with E-state index in [1.807, 2.05) is 6.08 Å². The minimum atomic E-state index is -4.41. The molecule has 0 rings (SSSR count). The predicted octanol–water partition coefficient (Wildman–Crippen LogP) is 10.5. The number of carbonyl (C=O) groups excluding carboxylic acids is 1. The highest BCUT2D eigenvalue weighted by atomic mass is 31.2. The molecule has 4 unspecified atom stereocenters. The molecule has 0 aliphatic heterocycles. The minimum Gasteiger partial charge on any atom is -0.393 e. The highest BCUT2D eigenvalue weighted by Crippen LogP contribution is 2.43. The van der Waals surface area contributed by atoms with E-state index in [2.05, 4.69) is 43.5 Å². The standard InChI is InChI=1S/C42H81N2O7P/c1-3-5-7-9-11-13-15-17-19-21-23-25-27-29-31-33-39(45)37-42(47)44-40(38-51-52(48,49)50-36-35-43)41(46)34-32-30-28-26-24-22-20-18-16-14-12-10-8-6-4-2/h16,18,24,26,32,34,39-41,45-46H,3-15,17,19-23,25,27-31,33,35-38,43H2,1-2H3,(H,44,47)(H,48,49)/b18-16+,26-24+,34-32+. The predicted molar refractivity (Wildman–Crippen MR) is 218 cm³/mol. The van der Waals surface area contributed by atoms with Gasteiger partial charge in [0.25, 0.3) is 0 Å². The van der Waals surface area contributed by atoms with Crippen molar-refractivity contribution in [3.8, 4) is 0 Å². The van der Waals surface area contributed by atoms with Gasteiger partial charge in [0.2, 0.25) is 5.91 Å². The summed E-state index contributed by atoms with van der Waals surface area (Å²) in [6.07, 6.45) is 40.8. The van der Waals surface area contributed by atoms with E-state index in [1.54, 1.807) is 6.08 Å². The first kappa shape index (κ1) is 50.7. The topological polar surface area (TPSA) is 151 Å². The van der Waals surface area contributed by atoms with Gasteiger partial charge in [0.15, 0.2) is 0 Å². The third-order valence-corrected chi connectivity index (χ3v) is 10.2. The lowest BCUT2D eigenvalue weighted by atomic mass is 10.0. The first-order chi connectivity index (χ1) is 25.3. The maximum atomic E-state index is 12.8. The number of amides is 1. The molecule has 0 bridgehead atoms. The van der Waals surface area contributed by atoms with Gasteiger partial charge in [-0.05, 0) is 44.9 Å². The van der Waals surface area contributed by atoms with Crippen LogP contribution in [0.25, 0.3) is 0 Å². The van der Waals surface area contributed by atoms with Gasteiger partial charge < -0.3 is 26.2 Å². The molecule has 0 saturated heterocycles. The molecule has 0 aromatic carbocycles. The van der Waals surface area contributed by atoms with Gasteiger partial charge in [-0.2, -0.15) is 0 Å². The van der Waals surface area contributed by atoms with Gasteiger partial charge in [-0.15, -0.1) is 0 Å². The second-order valence-corrected chi connectivity index (χ2v) is 15.8. The summed E-state index contributed by atoms with van der Waals surface area (Å²) in [5.74, 6) is -0.460. The van der Waals surface area contributed by atoms with Crippen molar-refractivity contribution in [1.29, 1.82) is 0 Å². The van der Waals surface area contributed by atoms with Crippen LogP contribution >= 0.6 is 7.82 Å². The molecule has 10 heteroatoms. The van der Waals surface area contributed by atoms with Crippen molar-refractivity contribution >= 4 is 13.7 Å². The van der Waals surface area contributed by atoms with E-state index in [4.69, 9.17) is 14.8 Å². The highest BCUT2D eigenvalue weighted by molar-refractivity contribution is 7.47. The van der Waals surface area contributed by atoms with Crippen LogP contribution in [0.4, 0.5) is 0 Å². The van der Waals surface area contributed by atoms with Crippen LogP contribution in [0.15, 0.2) is 36.5 Å². The van der Waals surface area contributed by atoms with Crippen LogP contribution in [0, 0.1) is 0 Å². The molecule has 1 amide bonds. The van der Waals surface area contributed by atoms with E-state index in [1.165, 1.54) is 109 Å². The van der Waals surface area contributed by atoms with Gasteiger partial charge in [-0.1, -0.05) is 172 Å². The van der Waals surface area contributed by atoms with Crippen LogP contribution < -0.4 is 11.1 Å². The number of hydrogen-bond donors (Lipinski definition) is 5. The summed E-state index contributed by atoms with van der Waals surface area (Å²) < 4.78 is 22.0. The molecule has 52 heavy (non-hydrogen) atoms. The molecule has 6 N–H and O–H groups in total. The average Bonchev–Trinajstić information content (AvgIpc) is 3.12. The number of unbranched alkanes of at least 4 members (excludes halogenated alkanes) is 21. The van der Waals surface area contributed by atoms with Crippen LogP contribution in [0.1, 0.15) is 187 Å². The number of nitrogens with one attached hydrogen (secondary N) is 1. The first-order valence-electron chi connectivity index (χ1n) is 21.2. The second-order valence-electron chi connectivity index (χ2n) is 14.4. The third-order valence-electron chi connectivity index (χ3n) is 9.25. The number of rotatable bonds is 39. The van der Waals surface area contributed by atoms with E-state index in [0.29, 0.717) is 12.8 Å². The summed E-state index contributed by atoms with van der Waals surface area (Å²) in [5, 5.41) is 24.0. The van der Waals surface area contributed by atoms with Crippen LogP contribution in [0.5, 0.6) is 0 Å². The van der Waals surface area contributed by atoms with Gasteiger partial charge in [0, 0.05) is 6.54 Å². The largest absolute Gasteiger partial charge is 0.472 e. The van der Waals surface area contributed by atoms with Crippen molar-refractivity contribution in [2.45, 2.75) is 205 Å². The van der Waals surface area contributed by atoms with Crippen molar-refractivity contribution in [3.05, 3.63) is 36.5 Å². The molecule has 0 fully saturated rings. The summed E-state index contributed by atoms with van der Waals surface area (Å²) in [5.41, 5.74) is 5.35. The Kier molecular flexibility index (Phi) is 37.0. The molecule has 0 radical (unpaired) electrons. The van der Waals surface area contributed by atoms with Crippen LogP contribution in [-0.4, -0.2) is 59.0 Å². The zero-order chi connectivity index (χ0) is 38.4. The minimum absolute atomic E-state index is 0.0427. The van der Waals surface area contributed by atoms with Gasteiger partial charge >= 0.3 is 7.82 Å². The number of phosphoric acid groups is 1. The van der Waals surface area contributed by atoms with Crippen molar-refractivity contribution in [2.75, 3.05) is 19.8 Å². The maximum absolute atomic E-state index is 12.8. The Bertz CT molecular complexity index is 930. The molecular weight excluding hydrogens is 675 g/mol. The lowest BCUT2D eigenvalue weighted by molar-refractivity contribution is -0.124. The Morgan fingerprint density at radius 2 is 1.10 bits per heavy atom. The number of nitrogens with two attached hydrogens (primary N) is 1. The van der Waals surface area contributed by atoms with Crippen LogP contribution in [0.3, 0.4) is 0 Å². The summed E-state index contributed by atoms with van der Waals surface area (Å²) in [7, 11) is -4.41. The lowest BCUT2D eigenvalue weighted by Gasteiger charge is -2.24. The Morgan fingerprint density at radius 1 is 0.654 bits per heavy atom. The number of aliphatic hydroxyl groups excluding tert-OH is 2. The van der Waals surface area contributed by atoms with Crippen LogP contribution in [-0.2, 0) is 18.4 Å². The fraction of sp³-hybridized carbons (Fsp3) is 0.833. The zero-order valence-corrected chi connectivity index (χ0v) is 34.3. The molecule has 0 spiro atoms. The molecule has 0 aliphatic carbocycles. The molecule has 0 saturated carbocycles. The maximum Gasteiger partial charge on any atom is 0.472 e. The van der Waals surface area contributed by atoms with Crippen molar-refractivity contribution < 1.29 is 33.5 Å². The van der Waals surface area contributed by atoms with E-state index in [-0.39, 0.29) is 19.6 Å². The summed E-state index contributed by atoms with van der Waals surface area (Å²) in [6, 6.07) is -1.00. The second kappa shape index (κ2) is 38.0. The fourth-order valence-corrected chi connectivity index (χ4v) is 6.79. The number of hydrogen-bond acceptors (Lipinski definition) is 7. The molecule has 0 heterocycles. The van der Waals surface area contributed by atoms with Gasteiger partial charge in [0.05, 0.1) is 37.9 Å². The van der Waals surface area contributed by atoms with E-state index < -0.39 is 38.6 Å². The summed E-state index contributed by atoms with van der Waals surface area (Å²) in [4.78, 5) is 22.7. The van der Waals surface area contributed by atoms with Crippen molar-refractivity contribution in [1.82, 2.24) is 5.32 Å². The number of phosphoric ester groups is 1. The molecule has 306 valence electrons. The number of aliphatic hydroxyl groups is 2. The van der Waals surface area contributed by atoms with Gasteiger partial charge in [0.1, 0.15) is 0 Å². The fourth-order valence-electron chi connectivity index (χ4n) is 6.03. The SMILES string of the molecule is CCCCCCC/C=C/CC/C=C/CC/C=C/C(O)C(COP(=O)(O)OCCN)NC(=O)CC(O)CCCCCCCCCCCCCCCCC. The third kappa shape index (κ3) is 35.7. The van der Waals surface area contributed by atoms with Crippen molar-refractivity contribution in [3.63, 3.8) is 0 Å². The molecule has 0 aliphatic rings.